The zero-order chi connectivity index (χ0) is 41.6. The molecule has 58 heavy (non-hydrogen) atoms. The molecule has 0 bridgehead atoms. The zero-order valence-electron chi connectivity index (χ0n) is 31.3. The molecule has 0 fully saturated rings. The maximum atomic E-state index is 13.7. The fraction of sp³-hybridized carbons (Fsp3) is 0.167. The van der Waals surface area contributed by atoms with E-state index in [-0.39, 0.29) is 29.1 Å². The minimum absolute atomic E-state index is 0.00801. The number of aryl methyl sites for hydroxylation is 1. The number of hydrogen-bond acceptors (Lipinski definition) is 9. The number of sulfonamides is 1. The van der Waals surface area contributed by atoms with Gasteiger partial charge in [0.25, 0.3) is 17.7 Å². The molecule has 3 amide bonds. The van der Waals surface area contributed by atoms with Crippen LogP contribution in [0.3, 0.4) is 0 Å². The van der Waals surface area contributed by atoms with Gasteiger partial charge in [-0.2, -0.15) is 18.2 Å². The summed E-state index contributed by atoms with van der Waals surface area (Å²) in [5.41, 5.74) is 4.25. The predicted octanol–water partition coefficient (Wildman–Crippen LogP) is 7.31. The summed E-state index contributed by atoms with van der Waals surface area (Å²) in [6, 6.07) is 31.5. The molecular formula is C42H36F3N5O7S. The molecule has 0 atom stereocenters. The summed E-state index contributed by atoms with van der Waals surface area (Å²) in [6.07, 6.45) is -4.49. The van der Waals surface area contributed by atoms with Crippen molar-refractivity contribution in [3.8, 4) is 39.7 Å². The zero-order valence-corrected chi connectivity index (χ0v) is 32.1. The van der Waals surface area contributed by atoms with E-state index >= 15 is 0 Å². The minimum Gasteiger partial charge on any atom is -0.497 e. The highest BCUT2D eigenvalue weighted by atomic mass is 32.2. The molecule has 0 aliphatic rings. The van der Waals surface area contributed by atoms with Gasteiger partial charge in [-0.1, -0.05) is 77.5 Å². The number of hydrogen-bond donors (Lipinski definition) is 2. The Morgan fingerprint density at radius 2 is 1.40 bits per heavy atom. The van der Waals surface area contributed by atoms with Crippen molar-refractivity contribution in [1.29, 1.82) is 0 Å². The van der Waals surface area contributed by atoms with Crippen LogP contribution < -0.4 is 14.8 Å². The number of methoxy groups -OCH3 is 1. The number of anilines is 1. The second kappa shape index (κ2) is 17.1. The van der Waals surface area contributed by atoms with Crippen LogP contribution >= 0.6 is 0 Å². The number of alkyl halides is 3. The number of amides is 3. The second-order valence-electron chi connectivity index (χ2n) is 13.3. The van der Waals surface area contributed by atoms with E-state index in [1.54, 1.807) is 24.3 Å². The smallest absolute Gasteiger partial charge is 0.416 e. The Balaban J connectivity index is 1.13. The highest BCUT2D eigenvalue weighted by Crippen LogP contribution is 2.35. The summed E-state index contributed by atoms with van der Waals surface area (Å²) in [5, 5.41) is 6.63. The molecule has 5 aromatic carbocycles. The van der Waals surface area contributed by atoms with Gasteiger partial charge in [0.2, 0.25) is 21.8 Å². The van der Waals surface area contributed by atoms with Gasteiger partial charge in [0, 0.05) is 28.9 Å². The molecule has 1 aromatic heterocycles. The van der Waals surface area contributed by atoms with Crippen LogP contribution in [0.25, 0.3) is 34.0 Å². The number of aromatic nitrogens is 2. The lowest BCUT2D eigenvalue weighted by atomic mass is 10.0. The SMILES string of the molecule is COc1ccc(CC(=O)Nc2ccc(C(=O)N(CC(=O)NS(C)(=O)=O)Cc3ccc(-c4noc(-c5ccc(-c6ccc(C)cc6)cc5)n4)cc3)cc2)c(C(F)(F)F)c1. The van der Waals surface area contributed by atoms with Gasteiger partial charge in [-0.15, -0.1) is 0 Å². The monoisotopic (exact) mass is 811 g/mol. The van der Waals surface area contributed by atoms with E-state index in [1.165, 1.54) is 49.1 Å². The molecule has 1 heterocycles. The van der Waals surface area contributed by atoms with Gasteiger partial charge in [0.1, 0.15) is 12.3 Å². The minimum atomic E-state index is -4.71. The summed E-state index contributed by atoms with van der Waals surface area (Å²) in [6.45, 7) is 1.30. The van der Waals surface area contributed by atoms with Crippen molar-refractivity contribution >= 4 is 33.4 Å². The third-order valence-electron chi connectivity index (χ3n) is 8.84. The number of halogens is 3. The van der Waals surface area contributed by atoms with E-state index in [0.717, 1.165) is 33.9 Å². The molecule has 0 saturated carbocycles. The van der Waals surface area contributed by atoms with Crippen LogP contribution in [0.2, 0.25) is 0 Å². The molecule has 12 nitrogen and oxygen atoms in total. The van der Waals surface area contributed by atoms with Crippen molar-refractivity contribution in [2.75, 3.05) is 25.2 Å². The Kier molecular flexibility index (Phi) is 12.1. The number of ether oxygens (including phenoxy) is 1. The van der Waals surface area contributed by atoms with Crippen molar-refractivity contribution in [1.82, 2.24) is 19.8 Å². The maximum Gasteiger partial charge on any atom is 0.416 e. The van der Waals surface area contributed by atoms with E-state index in [2.05, 4.69) is 27.6 Å². The Labute approximate surface area is 331 Å². The molecule has 0 spiro atoms. The van der Waals surface area contributed by atoms with E-state index in [9.17, 15) is 36.0 Å². The van der Waals surface area contributed by atoms with Gasteiger partial charge >= 0.3 is 6.18 Å². The fourth-order valence-corrected chi connectivity index (χ4v) is 6.44. The van der Waals surface area contributed by atoms with Crippen molar-refractivity contribution in [3.05, 3.63) is 143 Å². The average molecular weight is 812 g/mol. The number of nitrogens with zero attached hydrogens (tertiary/aromatic N) is 3. The molecule has 0 radical (unpaired) electrons. The van der Waals surface area contributed by atoms with Crippen LogP contribution in [-0.2, 0) is 38.8 Å². The third kappa shape index (κ3) is 10.5. The van der Waals surface area contributed by atoms with Gasteiger partial charge in [0.05, 0.1) is 25.3 Å². The molecule has 0 aliphatic carbocycles. The third-order valence-corrected chi connectivity index (χ3v) is 9.44. The molecule has 0 aliphatic heterocycles. The van der Waals surface area contributed by atoms with Gasteiger partial charge < -0.3 is 19.5 Å². The summed E-state index contributed by atoms with van der Waals surface area (Å²) in [4.78, 5) is 44.8. The number of benzene rings is 5. The normalized spacial score (nSPS) is 11.5. The largest absolute Gasteiger partial charge is 0.497 e. The molecule has 6 rings (SSSR count). The quantitative estimate of drug-likeness (QED) is 0.122. The van der Waals surface area contributed by atoms with Crippen LogP contribution in [0, 0.1) is 6.92 Å². The van der Waals surface area contributed by atoms with Gasteiger partial charge in [-0.05, 0) is 77.7 Å². The van der Waals surface area contributed by atoms with E-state index in [4.69, 9.17) is 9.26 Å². The first-order chi connectivity index (χ1) is 27.5. The lowest BCUT2D eigenvalue weighted by Gasteiger charge is -2.22. The van der Waals surface area contributed by atoms with Gasteiger partial charge in [-0.3, -0.25) is 19.1 Å². The van der Waals surface area contributed by atoms with E-state index in [0.29, 0.717) is 22.8 Å². The Hall–Kier alpha value is -6.81. The summed E-state index contributed by atoms with van der Waals surface area (Å²) >= 11 is 0. The topological polar surface area (TPSA) is 161 Å². The van der Waals surface area contributed by atoms with Crippen LogP contribution in [-0.4, -0.2) is 61.1 Å². The lowest BCUT2D eigenvalue weighted by molar-refractivity contribution is -0.138. The van der Waals surface area contributed by atoms with Crippen LogP contribution in [0.4, 0.5) is 18.9 Å². The van der Waals surface area contributed by atoms with E-state index < -0.39 is 52.5 Å². The predicted molar refractivity (Wildman–Crippen MR) is 210 cm³/mol. The second-order valence-corrected chi connectivity index (χ2v) is 15.1. The van der Waals surface area contributed by atoms with E-state index in [1.807, 2.05) is 48.0 Å². The Bertz CT molecular complexity index is 2540. The van der Waals surface area contributed by atoms with Crippen LogP contribution in [0.5, 0.6) is 5.75 Å². The Morgan fingerprint density at radius 1 is 0.793 bits per heavy atom. The number of rotatable bonds is 13. The molecule has 2 N–H and O–H groups in total. The molecular weight excluding hydrogens is 776 g/mol. The van der Waals surface area contributed by atoms with Gasteiger partial charge in [0.15, 0.2) is 0 Å². The number of carbonyl (C=O) groups is 3. The molecule has 0 saturated heterocycles. The summed E-state index contributed by atoms with van der Waals surface area (Å²) < 4.78 is 76.7. The molecule has 16 heteroatoms. The number of carbonyl (C=O) groups excluding carboxylic acids is 3. The molecule has 298 valence electrons. The standard InChI is InChI=1S/C42H36F3N5O7S/c1-26-4-8-28(9-5-26)29-12-14-31(15-13-29)40-47-39(48-57-40)30-10-6-27(7-11-30)24-50(25-38(52)49-58(3,54)55)41(53)32-16-19-34(20-17-32)46-37(51)22-33-18-21-35(56-2)23-36(33)42(43,44)45/h4-21,23H,22,24-25H2,1-3H3,(H,46,51)(H,49,52). The van der Waals surface area contributed by atoms with Crippen LogP contribution in [0.1, 0.15) is 32.6 Å². The van der Waals surface area contributed by atoms with Crippen LogP contribution in [0.15, 0.2) is 120 Å². The first-order valence-corrected chi connectivity index (χ1v) is 19.5. The fourth-order valence-electron chi connectivity index (χ4n) is 5.96. The highest BCUT2D eigenvalue weighted by molar-refractivity contribution is 7.89. The van der Waals surface area contributed by atoms with Crippen molar-refractivity contribution < 1.29 is 45.2 Å². The van der Waals surface area contributed by atoms with Crippen molar-refractivity contribution in [2.45, 2.75) is 26.1 Å². The molecule has 6 aromatic rings. The van der Waals surface area contributed by atoms with Crippen molar-refractivity contribution in [2.24, 2.45) is 0 Å². The summed E-state index contributed by atoms with van der Waals surface area (Å²) in [7, 11) is -2.69. The van der Waals surface area contributed by atoms with Gasteiger partial charge in [-0.25, -0.2) is 8.42 Å². The first-order valence-electron chi connectivity index (χ1n) is 17.6. The first kappa shape index (κ1) is 40.8. The number of nitrogens with one attached hydrogen (secondary N) is 2. The molecule has 0 unspecified atom stereocenters. The maximum absolute atomic E-state index is 13.7. The average Bonchev–Trinajstić information content (AvgIpc) is 3.68. The highest BCUT2D eigenvalue weighted by Gasteiger charge is 2.34. The Morgan fingerprint density at radius 3 is 2.00 bits per heavy atom. The van der Waals surface area contributed by atoms with Crippen molar-refractivity contribution in [3.63, 3.8) is 0 Å². The lowest BCUT2D eigenvalue weighted by Crippen LogP contribution is -2.42. The summed E-state index contributed by atoms with van der Waals surface area (Å²) in [5.74, 6) is -1.69.